The molecule has 0 aromatic rings. The van der Waals surface area contributed by atoms with Crippen LogP contribution in [0.15, 0.2) is 0 Å². The van der Waals surface area contributed by atoms with Crippen molar-refractivity contribution in [1.29, 1.82) is 0 Å². The molecule has 1 N–H and O–H groups in total. The third-order valence-electron chi connectivity index (χ3n) is 4.30. The van der Waals surface area contributed by atoms with E-state index < -0.39 is 5.97 Å². The number of rotatable bonds is 6. The molecule has 0 aromatic heterocycles. The summed E-state index contributed by atoms with van der Waals surface area (Å²) in [5.41, 5.74) is 0. The van der Waals surface area contributed by atoms with Gasteiger partial charge in [-0.25, -0.2) is 0 Å². The molecule has 114 valence electrons. The molecular formula is C14H23NO4S. The quantitative estimate of drug-likeness (QED) is 0.804. The molecular weight excluding hydrogens is 278 g/mol. The molecule has 0 radical (unpaired) electrons. The zero-order valence-electron chi connectivity index (χ0n) is 11.9. The minimum absolute atomic E-state index is 0.112. The molecule has 1 aliphatic heterocycles. The van der Waals surface area contributed by atoms with Gasteiger partial charge < -0.3 is 14.7 Å². The van der Waals surface area contributed by atoms with E-state index in [0.717, 1.165) is 17.9 Å². The Morgan fingerprint density at radius 2 is 2.05 bits per heavy atom. The fourth-order valence-corrected chi connectivity index (χ4v) is 4.32. The summed E-state index contributed by atoms with van der Waals surface area (Å²) < 4.78 is 5.11. The molecule has 1 saturated carbocycles. The minimum atomic E-state index is -0.764. The van der Waals surface area contributed by atoms with Gasteiger partial charge in [0.05, 0.1) is 12.5 Å². The zero-order chi connectivity index (χ0) is 14.5. The van der Waals surface area contributed by atoms with Crippen molar-refractivity contribution in [3.05, 3.63) is 0 Å². The molecule has 1 amide bonds. The van der Waals surface area contributed by atoms with Crippen LogP contribution < -0.4 is 0 Å². The van der Waals surface area contributed by atoms with Crippen molar-refractivity contribution in [2.24, 2.45) is 11.8 Å². The number of carbonyl (C=O) groups excluding carboxylic acids is 1. The molecule has 5 nitrogen and oxygen atoms in total. The van der Waals surface area contributed by atoms with Gasteiger partial charge in [-0.3, -0.25) is 9.59 Å². The standard InChI is InChI=1S/C14H23NO4S/c1-19-6-5-15(12-4-7-20-9-12)13(16)10-2-3-11(8-10)14(17)18/h10-12H,2-9H2,1H3,(H,17,18)/t10-,11+,12?/m1/s1. The van der Waals surface area contributed by atoms with E-state index in [1.54, 1.807) is 7.11 Å². The first-order chi connectivity index (χ1) is 9.63. The number of hydrogen-bond acceptors (Lipinski definition) is 4. The molecule has 1 unspecified atom stereocenters. The van der Waals surface area contributed by atoms with E-state index in [0.29, 0.717) is 38.5 Å². The monoisotopic (exact) mass is 301 g/mol. The summed E-state index contributed by atoms with van der Waals surface area (Å²) in [7, 11) is 1.64. The first-order valence-electron chi connectivity index (χ1n) is 7.23. The summed E-state index contributed by atoms with van der Waals surface area (Å²) in [6.45, 7) is 1.16. The van der Waals surface area contributed by atoms with Gasteiger partial charge in [-0.15, -0.1) is 0 Å². The summed E-state index contributed by atoms with van der Waals surface area (Å²) in [4.78, 5) is 25.6. The predicted molar refractivity (Wildman–Crippen MR) is 77.8 cm³/mol. The number of hydrogen-bond donors (Lipinski definition) is 1. The second kappa shape index (κ2) is 7.31. The lowest BCUT2D eigenvalue weighted by Gasteiger charge is -2.30. The highest BCUT2D eigenvalue weighted by Gasteiger charge is 2.38. The van der Waals surface area contributed by atoms with Gasteiger partial charge in [0.15, 0.2) is 0 Å². The molecule has 6 heteroatoms. The number of amides is 1. The highest BCUT2D eigenvalue weighted by atomic mass is 32.2. The van der Waals surface area contributed by atoms with Crippen molar-refractivity contribution < 1.29 is 19.4 Å². The lowest BCUT2D eigenvalue weighted by Crippen LogP contribution is -2.45. The number of methoxy groups -OCH3 is 1. The Balaban J connectivity index is 1.97. The highest BCUT2D eigenvalue weighted by molar-refractivity contribution is 7.99. The van der Waals surface area contributed by atoms with Gasteiger partial charge in [0, 0.05) is 31.4 Å². The maximum atomic E-state index is 12.7. The van der Waals surface area contributed by atoms with E-state index in [9.17, 15) is 9.59 Å². The molecule has 0 bridgehead atoms. The molecule has 20 heavy (non-hydrogen) atoms. The van der Waals surface area contributed by atoms with Crippen molar-refractivity contribution in [2.45, 2.75) is 31.7 Å². The normalized spacial score (nSPS) is 29.6. The molecule has 0 aromatic carbocycles. The van der Waals surface area contributed by atoms with Gasteiger partial charge in [0.1, 0.15) is 0 Å². The number of nitrogens with zero attached hydrogens (tertiary/aromatic N) is 1. The average molecular weight is 301 g/mol. The molecule has 2 rings (SSSR count). The van der Waals surface area contributed by atoms with Gasteiger partial charge in [-0.05, 0) is 31.4 Å². The zero-order valence-corrected chi connectivity index (χ0v) is 12.7. The van der Waals surface area contributed by atoms with Crippen molar-refractivity contribution >= 4 is 23.6 Å². The van der Waals surface area contributed by atoms with E-state index in [4.69, 9.17) is 9.84 Å². The second-order valence-electron chi connectivity index (χ2n) is 5.59. The summed E-state index contributed by atoms with van der Waals surface area (Å²) in [6, 6.07) is 0.298. The van der Waals surface area contributed by atoms with E-state index in [-0.39, 0.29) is 17.7 Å². The second-order valence-corrected chi connectivity index (χ2v) is 6.74. The molecule has 3 atom stereocenters. The third kappa shape index (κ3) is 3.67. The lowest BCUT2D eigenvalue weighted by atomic mass is 10.0. The predicted octanol–water partition coefficient (Wildman–Crippen LogP) is 1.47. The van der Waals surface area contributed by atoms with Crippen LogP contribution in [0.5, 0.6) is 0 Å². The van der Waals surface area contributed by atoms with Crippen molar-refractivity contribution in [3.8, 4) is 0 Å². The smallest absolute Gasteiger partial charge is 0.306 e. The molecule has 2 aliphatic rings. The van der Waals surface area contributed by atoms with E-state index in [1.807, 2.05) is 16.7 Å². The molecule has 1 aliphatic carbocycles. The molecule has 1 saturated heterocycles. The fraction of sp³-hybridized carbons (Fsp3) is 0.857. The number of carboxylic acid groups (broad SMARTS) is 1. The van der Waals surface area contributed by atoms with Crippen LogP contribution >= 0.6 is 11.8 Å². The fourth-order valence-electron chi connectivity index (χ4n) is 3.09. The van der Waals surface area contributed by atoms with Gasteiger partial charge in [-0.2, -0.15) is 11.8 Å². The van der Waals surface area contributed by atoms with Gasteiger partial charge in [0.2, 0.25) is 5.91 Å². The Morgan fingerprint density at radius 3 is 2.60 bits per heavy atom. The van der Waals surface area contributed by atoms with E-state index >= 15 is 0 Å². The Hall–Kier alpha value is -0.750. The van der Waals surface area contributed by atoms with Gasteiger partial charge >= 0.3 is 5.97 Å². The SMILES string of the molecule is COCCN(C(=O)[C@@H]1CC[C@H](C(=O)O)C1)C1CCSC1. The largest absolute Gasteiger partial charge is 0.481 e. The Morgan fingerprint density at radius 1 is 1.30 bits per heavy atom. The maximum absolute atomic E-state index is 12.7. The Bertz CT molecular complexity index is 357. The van der Waals surface area contributed by atoms with Gasteiger partial charge in [-0.1, -0.05) is 0 Å². The number of ether oxygens (including phenoxy) is 1. The number of thioether (sulfide) groups is 1. The van der Waals surface area contributed by atoms with Crippen LogP contribution in [0.25, 0.3) is 0 Å². The first kappa shape index (κ1) is 15.6. The average Bonchev–Trinajstić information content (AvgIpc) is 3.10. The third-order valence-corrected chi connectivity index (χ3v) is 5.44. The van der Waals surface area contributed by atoms with Crippen LogP contribution in [-0.4, -0.2) is 59.7 Å². The summed E-state index contributed by atoms with van der Waals surface area (Å²) >= 11 is 1.88. The summed E-state index contributed by atoms with van der Waals surface area (Å²) in [5, 5.41) is 9.06. The Labute approximate surface area is 124 Å². The summed E-state index contributed by atoms with van der Waals surface area (Å²) in [5.74, 6) is 1.01. The minimum Gasteiger partial charge on any atom is -0.481 e. The van der Waals surface area contributed by atoms with Crippen molar-refractivity contribution in [2.75, 3.05) is 31.8 Å². The van der Waals surface area contributed by atoms with Crippen LogP contribution in [0.2, 0.25) is 0 Å². The van der Waals surface area contributed by atoms with Crippen LogP contribution in [0.1, 0.15) is 25.7 Å². The van der Waals surface area contributed by atoms with Gasteiger partial charge in [0.25, 0.3) is 0 Å². The van der Waals surface area contributed by atoms with Crippen LogP contribution in [0.4, 0.5) is 0 Å². The molecule has 2 fully saturated rings. The van der Waals surface area contributed by atoms with Crippen LogP contribution in [0.3, 0.4) is 0 Å². The van der Waals surface area contributed by atoms with Crippen LogP contribution in [-0.2, 0) is 14.3 Å². The number of aliphatic carboxylic acids is 1. The number of carboxylic acids is 1. The van der Waals surface area contributed by atoms with Crippen molar-refractivity contribution in [3.63, 3.8) is 0 Å². The van der Waals surface area contributed by atoms with Crippen molar-refractivity contribution in [1.82, 2.24) is 4.90 Å². The first-order valence-corrected chi connectivity index (χ1v) is 8.39. The van der Waals surface area contributed by atoms with E-state index in [1.165, 1.54) is 0 Å². The molecule has 0 spiro atoms. The maximum Gasteiger partial charge on any atom is 0.306 e. The lowest BCUT2D eigenvalue weighted by molar-refractivity contribution is -0.142. The summed E-state index contributed by atoms with van der Waals surface area (Å²) in [6.07, 6.45) is 2.87. The number of carbonyl (C=O) groups is 2. The van der Waals surface area contributed by atoms with E-state index in [2.05, 4.69) is 0 Å². The van der Waals surface area contributed by atoms with Crippen LogP contribution in [0, 0.1) is 11.8 Å². The molecule has 1 heterocycles. The topological polar surface area (TPSA) is 66.8 Å². The Kier molecular flexibility index (Phi) is 5.72. The highest BCUT2D eigenvalue weighted by Crippen LogP contribution is 2.34.